The van der Waals surface area contributed by atoms with Gasteiger partial charge in [-0.3, -0.25) is 96.7 Å². The number of thiophene rings is 1. The van der Waals surface area contributed by atoms with E-state index in [1.807, 2.05) is 32.0 Å². The van der Waals surface area contributed by atoms with E-state index in [1.54, 1.807) is 62.0 Å². The van der Waals surface area contributed by atoms with Crippen LogP contribution in [0.4, 0.5) is 0 Å². The summed E-state index contributed by atoms with van der Waals surface area (Å²) in [5.41, 5.74) is 19.4. The van der Waals surface area contributed by atoms with Crippen LogP contribution < -0.4 is 75.7 Å². The minimum absolute atomic E-state index is 0.00622. The third-order valence-corrected chi connectivity index (χ3v) is 26.6. The highest BCUT2D eigenvalue weighted by molar-refractivity contribution is 8.00. The maximum atomic E-state index is 15.8. The predicted octanol–water partition coefficient (Wildman–Crippen LogP) is -0.929. The van der Waals surface area contributed by atoms with Gasteiger partial charge in [-0.05, 0) is 127 Å². The second kappa shape index (κ2) is 52.1. The van der Waals surface area contributed by atoms with Crippen LogP contribution in [-0.2, 0) is 106 Å². The molecule has 138 heavy (non-hydrogen) atoms. The number of hydrogen-bond donors (Lipinski definition) is 19. The molecule has 14 atom stereocenters. The number of rotatable bonds is 28. The maximum absolute atomic E-state index is 15.8. The number of aliphatic carboxylic acids is 1. The molecule has 0 saturated carbocycles. The monoisotopic (exact) mass is 1950 g/mol. The number of aromatic nitrogens is 1. The summed E-state index contributed by atoms with van der Waals surface area (Å²) in [5, 5.41) is 72.0. The van der Waals surface area contributed by atoms with E-state index in [4.69, 9.17) is 22.6 Å². The van der Waals surface area contributed by atoms with Crippen molar-refractivity contribution >= 4 is 163 Å². The van der Waals surface area contributed by atoms with Crippen molar-refractivity contribution in [1.29, 1.82) is 5.41 Å². The number of thioether (sulfide) groups is 1. The molecule has 3 saturated heterocycles. The zero-order chi connectivity index (χ0) is 101. The van der Waals surface area contributed by atoms with E-state index in [1.165, 1.54) is 60.8 Å². The number of para-hydroxylation sites is 1. The Hall–Kier alpha value is -13.6. The van der Waals surface area contributed by atoms with Gasteiger partial charge in [-0.25, -0.2) is 0 Å². The summed E-state index contributed by atoms with van der Waals surface area (Å²) in [5.74, 6) is -20.3. The fraction of sp³-hybridized carbons (Fsp3) is 0.527. The third kappa shape index (κ3) is 30.5. The minimum atomic E-state index is -2.06. The Balaban J connectivity index is 1.11. The van der Waals surface area contributed by atoms with Gasteiger partial charge in [0.05, 0.1) is 31.7 Å². The van der Waals surface area contributed by atoms with Crippen LogP contribution in [0.25, 0.3) is 21.0 Å². The first-order chi connectivity index (χ1) is 65.8. The smallest absolute Gasteiger partial charge is 0.305 e. The molecule has 4 aliphatic rings. The lowest BCUT2D eigenvalue weighted by Crippen LogP contribution is -2.61. The zero-order valence-corrected chi connectivity index (χ0v) is 80.0. The first-order valence-electron chi connectivity index (χ1n) is 46.2. The number of carboxylic acids is 1. The predicted molar refractivity (Wildman–Crippen MR) is 512 cm³/mol. The molecule has 0 unspecified atom stereocenters. The first-order valence-corrected chi connectivity index (χ1v) is 48.3. The third-order valence-electron chi connectivity index (χ3n) is 24.6. The van der Waals surface area contributed by atoms with Crippen molar-refractivity contribution in [2.75, 3.05) is 65.4 Å². The maximum Gasteiger partial charge on any atom is 0.305 e. The minimum Gasteiger partial charge on any atom is -0.508 e. The average molecular weight is 1950 g/mol. The van der Waals surface area contributed by atoms with E-state index >= 15 is 47.9 Å². The summed E-state index contributed by atoms with van der Waals surface area (Å²) in [6.07, 6.45) is 3.45. The number of phenols is 1. The molecule has 0 aliphatic carbocycles. The molecule has 5 aromatic rings. The number of H-pyrrole nitrogens is 1. The van der Waals surface area contributed by atoms with Crippen molar-refractivity contribution in [3.63, 3.8) is 0 Å². The van der Waals surface area contributed by atoms with E-state index in [-0.39, 0.29) is 115 Å². The van der Waals surface area contributed by atoms with E-state index in [0.717, 1.165) is 26.4 Å². The number of aliphatic hydroxyl groups is 1. The van der Waals surface area contributed by atoms with Crippen LogP contribution in [0.5, 0.6) is 5.75 Å². The number of aliphatic imine (C=N–C) groups is 1. The number of carboxylic acid groups (broad SMARTS) is 1. The molecule has 2 aromatic heterocycles. The fourth-order valence-electron chi connectivity index (χ4n) is 17.2. The molecule has 0 bridgehead atoms. The van der Waals surface area contributed by atoms with E-state index in [9.17, 15) is 53.7 Å². The normalized spacial score (nSPS) is 24.3. The van der Waals surface area contributed by atoms with Crippen LogP contribution in [0, 0.1) is 11.3 Å². The number of benzene rings is 3. The molecular weight excluding hydrogens is 1830 g/mol. The Morgan fingerprint density at radius 3 is 1.68 bits per heavy atom. The molecule has 0 radical (unpaired) electrons. The number of carbonyl (C=O) groups excluding carboxylic acids is 17. The van der Waals surface area contributed by atoms with Gasteiger partial charge < -0.3 is 120 Å². The van der Waals surface area contributed by atoms with Gasteiger partial charge in [0, 0.05) is 106 Å². The molecule has 748 valence electrons. The van der Waals surface area contributed by atoms with E-state index in [0.29, 0.717) is 80.9 Å². The number of nitrogens with two attached hydrogens (primary N) is 3. The van der Waals surface area contributed by atoms with Gasteiger partial charge in [-0.15, -0.1) is 23.1 Å². The standard InChI is InChI=1S/C93H128N22O21S2/c1-8-10-23-69-84(128)103-60(22-16-33-99-93(96)97)80(124)110-68(79(123)101-46-76(95)119)49-137-50-77(120)102-64(38-52-28-30-56(117)31-29-52)88(132)113(7)73(43-78(121)122)87(131)108-66(42-75(94)118)91(135)115-36-18-25-70(115)85(129)104-61(39-53-32-34-98-44-53)81(125)106-63(37-51(3)4)90(134)114-35-17-26-71(114)86(130)105-62(40-54-45-100-59-21-14-12-19-57(54)59)82(126)109-67(47-116)83(127)107-65(41-55-48-138-74-27-15-13-20-58(55)74)89(133)112(6)72(24-11-9-2)92(136)111(69)5/h12-15,19-21,27-31,34,44-45,48,51,60-73,100,116-117H,8-11,16-18,22-26,32-33,35-43,46-47,49-50H2,1-7H3,(H2,94,118)(H2,95,119)(H,101,123)(H,102,120)(H,103,128)(H,104,129)(H,105,130)(H,106,125)(H,107,127)(H,108,131)(H,109,126)(H,110,124)(H,121,122)(H4,96,97,99)/t60-,61-,62-,63-,64-,65-,66-,67-,68-,69-,70-,71-,72-,73-/m0/s1. The van der Waals surface area contributed by atoms with Crippen molar-refractivity contribution in [3.05, 3.63) is 113 Å². The highest BCUT2D eigenvalue weighted by atomic mass is 32.2. The summed E-state index contributed by atoms with van der Waals surface area (Å²) in [7, 11) is 3.72. The average Bonchev–Trinajstić information content (AvgIpc) is 1.56. The number of carbonyl (C=O) groups is 18. The number of nitrogens with zero attached hydrogens (tertiary/aromatic N) is 6. The second-order valence-electron chi connectivity index (χ2n) is 35.4. The van der Waals surface area contributed by atoms with Crippen LogP contribution in [-0.4, -0.2) is 313 Å². The number of phenolic OH excluding ortho intramolecular Hbond substituents is 1. The van der Waals surface area contributed by atoms with Gasteiger partial charge in [0.1, 0.15) is 90.3 Å². The SMILES string of the molecule is CCCC[C@H]1C(=O)N(C)[C@@H](CCCC)C(=O)N[C@@H](CCCNC(=N)N)C(=O)N[C@H](C(=O)NCC(N)=O)CSCC(=O)N[C@@H](Cc2ccc(O)cc2)C(=O)N(C)[C@@H](CC(=O)O)C(=O)N[C@@H](CC(N)=O)C(=O)N2CCC[C@H]2C(=O)N[C@@H](CC2=CN=CC2)C(=O)N[C@@H](CC(C)C)C(=O)N2CCC[C@H]2C(=O)N[C@@H](Cc2c[nH]c3ccccc23)C(=O)N[C@@H](CO)C(=O)N[C@@H](Cc2csc3ccccc23)C(=O)N1C. The summed E-state index contributed by atoms with van der Waals surface area (Å²) in [4.78, 5) is 277. The Morgan fingerprint density at radius 2 is 1.08 bits per heavy atom. The number of aromatic hydroxyl groups is 1. The lowest BCUT2D eigenvalue weighted by atomic mass is 9.99. The van der Waals surface area contributed by atoms with Crippen molar-refractivity contribution in [2.24, 2.45) is 28.1 Å². The summed E-state index contributed by atoms with van der Waals surface area (Å²) in [6.45, 7) is 5.17. The van der Waals surface area contributed by atoms with Crippen molar-refractivity contribution < 1.29 is 102 Å². The van der Waals surface area contributed by atoms with Crippen molar-refractivity contribution in [2.45, 2.75) is 241 Å². The fourth-order valence-corrected chi connectivity index (χ4v) is 19.0. The van der Waals surface area contributed by atoms with Crippen LogP contribution in [0.1, 0.15) is 154 Å². The quantitative estimate of drug-likeness (QED) is 0.0163. The number of nitrogens with one attached hydrogen (secondary N) is 13. The Morgan fingerprint density at radius 1 is 0.543 bits per heavy atom. The second-order valence-corrected chi connectivity index (χ2v) is 37.3. The van der Waals surface area contributed by atoms with Crippen LogP contribution in [0.3, 0.4) is 0 Å². The van der Waals surface area contributed by atoms with Gasteiger partial charge in [0.25, 0.3) is 0 Å². The lowest BCUT2D eigenvalue weighted by Gasteiger charge is -2.36. The zero-order valence-electron chi connectivity index (χ0n) is 78.4. The summed E-state index contributed by atoms with van der Waals surface area (Å²) < 4.78 is 0.817. The Bertz CT molecular complexity index is 5320. The molecule has 3 aromatic carbocycles. The number of primary amides is 2. The summed E-state index contributed by atoms with van der Waals surface area (Å²) in [6, 6.07) is -2.67. The number of aliphatic hydroxyl groups excluding tert-OH is 1. The Labute approximate surface area is 806 Å². The van der Waals surface area contributed by atoms with Gasteiger partial charge in [-0.1, -0.05) is 102 Å². The van der Waals surface area contributed by atoms with Crippen molar-refractivity contribution in [3.8, 4) is 5.75 Å². The summed E-state index contributed by atoms with van der Waals surface area (Å²) >= 11 is 2.05. The number of hydrogen-bond acceptors (Lipinski definition) is 24. The van der Waals surface area contributed by atoms with E-state index < -0.39 is 241 Å². The molecule has 4 aliphatic heterocycles. The van der Waals surface area contributed by atoms with Gasteiger partial charge >= 0.3 is 5.97 Å². The number of likely N-dealkylation sites (N-methyl/N-ethyl adjacent to an activating group) is 3. The first kappa shape index (κ1) is 108. The number of fused-ring (bicyclic) bond motifs is 4. The van der Waals surface area contributed by atoms with Gasteiger partial charge in [0.2, 0.25) is 100 Å². The number of guanidine groups is 1. The highest BCUT2D eigenvalue weighted by Crippen LogP contribution is 2.31. The van der Waals surface area contributed by atoms with E-state index in [2.05, 4.69) is 68.5 Å². The van der Waals surface area contributed by atoms with Crippen molar-refractivity contribution in [1.82, 2.24) is 88.0 Å². The number of amides is 17. The largest absolute Gasteiger partial charge is 0.508 e. The number of unbranched alkanes of at least 4 members (excludes halogenated alkanes) is 2. The number of aromatic amines is 1. The molecule has 45 heteroatoms. The van der Waals surface area contributed by atoms with Gasteiger partial charge in [-0.2, -0.15) is 0 Å². The molecular formula is C93H128N22O21S2. The lowest BCUT2D eigenvalue weighted by molar-refractivity contribution is -0.149. The van der Waals surface area contributed by atoms with Crippen LogP contribution in [0.2, 0.25) is 0 Å². The molecule has 22 N–H and O–H groups in total. The molecule has 0 spiro atoms. The van der Waals surface area contributed by atoms with Crippen LogP contribution in [0.15, 0.2) is 101 Å². The molecule has 17 amide bonds. The molecule has 43 nitrogen and oxygen atoms in total. The Kier molecular flexibility index (Phi) is 40.8. The molecule has 9 rings (SSSR count). The molecule has 6 heterocycles. The van der Waals surface area contributed by atoms with Crippen LogP contribution >= 0.6 is 23.1 Å². The highest BCUT2D eigenvalue weighted by Gasteiger charge is 2.46. The molecule has 3 fully saturated rings. The topological polar surface area (TPSA) is 647 Å². The van der Waals surface area contributed by atoms with Gasteiger partial charge in [0.15, 0.2) is 5.96 Å².